The number of hydrogen-bond acceptors (Lipinski definition) is 5. The van der Waals surface area contributed by atoms with Gasteiger partial charge in [0, 0.05) is 12.5 Å². The highest BCUT2D eigenvalue weighted by molar-refractivity contribution is 5.14. The number of hydrogen-bond donors (Lipinski definition) is 5. The van der Waals surface area contributed by atoms with Crippen molar-refractivity contribution in [1.82, 2.24) is 0 Å². The molecule has 0 aromatic heterocycles. The molecule has 5 nitrogen and oxygen atoms in total. The molecule has 4 fully saturated rings. The normalized spacial score (nSPS) is 51.3. The van der Waals surface area contributed by atoms with Gasteiger partial charge in [0.1, 0.15) is 0 Å². The van der Waals surface area contributed by atoms with Crippen LogP contribution >= 0.6 is 0 Å². The molecule has 0 saturated heterocycles. The second-order valence-corrected chi connectivity index (χ2v) is 12.8. The van der Waals surface area contributed by atoms with Crippen molar-refractivity contribution in [2.45, 2.75) is 110 Å². The third-order valence-corrected chi connectivity index (χ3v) is 11.4. The zero-order chi connectivity index (χ0) is 23.4. The third kappa shape index (κ3) is 3.88. The van der Waals surface area contributed by atoms with Gasteiger partial charge >= 0.3 is 0 Å². The van der Waals surface area contributed by atoms with Crippen molar-refractivity contribution in [3.8, 4) is 0 Å². The van der Waals surface area contributed by atoms with Gasteiger partial charge < -0.3 is 25.5 Å². The van der Waals surface area contributed by atoms with Gasteiger partial charge in [0.15, 0.2) is 0 Å². The van der Waals surface area contributed by atoms with E-state index in [0.717, 1.165) is 51.4 Å². The van der Waals surface area contributed by atoms with Crippen LogP contribution in [-0.2, 0) is 0 Å². The lowest BCUT2D eigenvalue weighted by Gasteiger charge is -2.63. The van der Waals surface area contributed by atoms with E-state index < -0.39 is 6.10 Å². The lowest BCUT2D eigenvalue weighted by molar-refractivity contribution is -0.207. The number of rotatable bonds is 6. The van der Waals surface area contributed by atoms with Crippen molar-refractivity contribution in [2.24, 2.45) is 52.3 Å². The van der Waals surface area contributed by atoms with Crippen molar-refractivity contribution < 1.29 is 25.5 Å². The van der Waals surface area contributed by atoms with Gasteiger partial charge in [-0.15, -0.1) is 0 Å². The predicted molar refractivity (Wildman–Crippen MR) is 125 cm³/mol. The van der Waals surface area contributed by atoms with Crippen molar-refractivity contribution in [3.05, 3.63) is 0 Å². The third-order valence-electron chi connectivity index (χ3n) is 11.4. The predicted octanol–water partition coefficient (Wildman–Crippen LogP) is 3.35. The molecular formula is C27H48O5. The average Bonchev–Trinajstić information content (AvgIpc) is 3.11. The average molecular weight is 453 g/mol. The maximum atomic E-state index is 11.6. The van der Waals surface area contributed by atoms with Gasteiger partial charge in [0.25, 0.3) is 0 Å². The lowest BCUT2D eigenvalue weighted by atomic mass is 9.43. The van der Waals surface area contributed by atoms with Gasteiger partial charge in [-0.1, -0.05) is 27.7 Å². The minimum absolute atomic E-state index is 0.00915. The molecule has 5 heteroatoms. The minimum Gasteiger partial charge on any atom is -0.396 e. The Hall–Kier alpha value is -0.200. The second-order valence-electron chi connectivity index (χ2n) is 12.8. The summed E-state index contributed by atoms with van der Waals surface area (Å²) in [5, 5.41) is 52.9. The molecule has 32 heavy (non-hydrogen) atoms. The maximum Gasteiger partial charge on any atom is 0.0602 e. The van der Waals surface area contributed by atoms with Gasteiger partial charge in [0.05, 0.1) is 24.4 Å². The van der Waals surface area contributed by atoms with Crippen LogP contribution in [0.15, 0.2) is 0 Å². The maximum absolute atomic E-state index is 11.6. The first-order valence-corrected chi connectivity index (χ1v) is 13.4. The fourth-order valence-corrected chi connectivity index (χ4v) is 9.17. The van der Waals surface area contributed by atoms with Crippen molar-refractivity contribution in [2.75, 3.05) is 6.61 Å². The van der Waals surface area contributed by atoms with Crippen LogP contribution in [0.25, 0.3) is 0 Å². The molecule has 4 aliphatic rings. The second kappa shape index (κ2) is 9.11. The number of aliphatic hydroxyl groups excluding tert-OH is 5. The molecule has 186 valence electrons. The summed E-state index contributed by atoms with van der Waals surface area (Å²) in [4.78, 5) is 0. The molecule has 0 aromatic rings. The van der Waals surface area contributed by atoms with Crippen LogP contribution < -0.4 is 0 Å². The highest BCUT2D eigenvalue weighted by Crippen LogP contribution is 2.68. The molecule has 4 saturated carbocycles. The Labute approximate surface area is 194 Å². The zero-order valence-corrected chi connectivity index (χ0v) is 20.7. The first-order chi connectivity index (χ1) is 15.0. The Morgan fingerprint density at radius 1 is 0.906 bits per heavy atom. The Morgan fingerprint density at radius 3 is 2.31 bits per heavy atom. The highest BCUT2D eigenvalue weighted by Gasteiger charge is 2.65. The molecule has 4 rings (SSSR count). The van der Waals surface area contributed by atoms with Crippen LogP contribution in [0.4, 0.5) is 0 Å². The fraction of sp³-hybridized carbons (Fsp3) is 1.00. The Morgan fingerprint density at radius 2 is 1.62 bits per heavy atom. The Balaban J connectivity index is 1.53. The largest absolute Gasteiger partial charge is 0.396 e. The van der Waals surface area contributed by atoms with Crippen LogP contribution in [-0.4, -0.2) is 56.6 Å². The first kappa shape index (κ1) is 24.9. The number of fused-ring (bicyclic) bond motifs is 5. The summed E-state index contributed by atoms with van der Waals surface area (Å²) in [7, 11) is 0. The Bertz CT molecular complexity index is 656. The summed E-state index contributed by atoms with van der Waals surface area (Å²) in [5.74, 6) is 1.96. The molecule has 0 aliphatic heterocycles. The van der Waals surface area contributed by atoms with E-state index in [0.29, 0.717) is 36.0 Å². The van der Waals surface area contributed by atoms with Crippen LogP contribution in [0.3, 0.4) is 0 Å². The molecule has 0 bridgehead atoms. The van der Waals surface area contributed by atoms with E-state index in [-0.39, 0.29) is 47.6 Å². The molecule has 0 spiro atoms. The molecule has 2 unspecified atom stereocenters. The van der Waals surface area contributed by atoms with E-state index in [1.54, 1.807) is 0 Å². The molecule has 5 N–H and O–H groups in total. The highest BCUT2D eigenvalue weighted by atomic mass is 16.3. The van der Waals surface area contributed by atoms with Crippen LogP contribution in [0.2, 0.25) is 0 Å². The fourth-order valence-electron chi connectivity index (χ4n) is 9.17. The molecule has 13 atom stereocenters. The van der Waals surface area contributed by atoms with Crippen molar-refractivity contribution >= 4 is 0 Å². The summed E-state index contributed by atoms with van der Waals surface area (Å²) in [5.41, 5.74) is -0.0772. The van der Waals surface area contributed by atoms with E-state index in [9.17, 15) is 25.5 Å². The smallest absolute Gasteiger partial charge is 0.0602 e. The minimum atomic E-state index is -0.480. The van der Waals surface area contributed by atoms with Crippen molar-refractivity contribution in [1.29, 1.82) is 0 Å². The van der Waals surface area contributed by atoms with Crippen molar-refractivity contribution in [3.63, 3.8) is 0 Å². The monoisotopic (exact) mass is 452 g/mol. The summed E-state index contributed by atoms with van der Waals surface area (Å²) in [6.45, 7) is 8.82. The van der Waals surface area contributed by atoms with Gasteiger partial charge in [0.2, 0.25) is 0 Å². The quantitative estimate of drug-likeness (QED) is 0.425. The molecule has 0 heterocycles. The molecule has 0 aromatic carbocycles. The summed E-state index contributed by atoms with van der Waals surface area (Å²) < 4.78 is 0. The van der Waals surface area contributed by atoms with E-state index in [1.807, 2.05) is 6.92 Å². The molecule has 0 amide bonds. The van der Waals surface area contributed by atoms with E-state index >= 15 is 0 Å². The summed E-state index contributed by atoms with van der Waals surface area (Å²) in [6, 6.07) is 0. The van der Waals surface area contributed by atoms with E-state index in [4.69, 9.17) is 0 Å². The van der Waals surface area contributed by atoms with Crippen LogP contribution in [0.1, 0.15) is 85.5 Å². The van der Waals surface area contributed by atoms with Gasteiger partial charge in [-0.2, -0.15) is 0 Å². The first-order valence-electron chi connectivity index (χ1n) is 13.4. The van der Waals surface area contributed by atoms with Crippen LogP contribution in [0.5, 0.6) is 0 Å². The van der Waals surface area contributed by atoms with Gasteiger partial charge in [-0.25, -0.2) is 0 Å². The molecule has 4 aliphatic carbocycles. The standard InChI is InChI=1S/C27H48O5/c1-15(5-8-22(30)16(2)14-28)19-6-7-20-25-21(13-24(32)27(19,20)4)26(3)10-9-18(29)11-17(26)12-23(25)31/h15-25,28-32H,5-14H2,1-4H3/t15-,16?,17+,18-,19-,20+,21+,22?,23-,24+,25+,26+,27-/m1/s1. The molecule has 0 radical (unpaired) electrons. The Kier molecular flexibility index (Phi) is 7.09. The summed E-state index contributed by atoms with van der Waals surface area (Å²) >= 11 is 0. The summed E-state index contributed by atoms with van der Waals surface area (Å²) in [6.07, 6.45) is 6.54. The SMILES string of the molecule is CC(CO)C(O)CC[C@@H](C)[C@H]1CC[C@H]2[C@@H]3[C@H](O)C[C@@H]4C[C@H](O)CC[C@]4(C)[C@H]3C[C@H](O)[C@]12C. The van der Waals surface area contributed by atoms with Gasteiger partial charge in [-0.3, -0.25) is 0 Å². The zero-order valence-electron chi connectivity index (χ0n) is 20.7. The molecular weight excluding hydrogens is 404 g/mol. The lowest BCUT2D eigenvalue weighted by Crippen LogP contribution is -2.62. The number of aliphatic hydroxyl groups is 5. The van der Waals surface area contributed by atoms with Crippen LogP contribution in [0, 0.1) is 52.3 Å². The van der Waals surface area contributed by atoms with Gasteiger partial charge in [-0.05, 0) is 104 Å². The van der Waals surface area contributed by atoms with E-state index in [2.05, 4.69) is 20.8 Å². The van der Waals surface area contributed by atoms with E-state index in [1.165, 1.54) is 0 Å². The topological polar surface area (TPSA) is 101 Å².